The van der Waals surface area contributed by atoms with Crippen molar-refractivity contribution in [1.29, 1.82) is 0 Å². The molecule has 0 saturated carbocycles. The summed E-state index contributed by atoms with van der Waals surface area (Å²) in [5.41, 5.74) is 0.950. The second kappa shape index (κ2) is 7.48. The van der Waals surface area contributed by atoms with Crippen molar-refractivity contribution in [3.8, 4) is 0 Å². The molecule has 0 fully saturated rings. The maximum Gasteiger partial charge on any atom is 0.407 e. The highest BCUT2D eigenvalue weighted by Crippen LogP contribution is 2.10. The third-order valence-corrected chi connectivity index (χ3v) is 3.22. The standard InChI is InChI=1S/C16H19NO3/c18-15-9-5-4-8-14(10-11-15)17-16(19)20-12-13-6-2-1-3-7-13/h1-3,6-7,10-11,14H,4-5,8-9,12H2,(H,17,19)/b11-10-/t14-/m0/s1. The van der Waals surface area contributed by atoms with Crippen molar-refractivity contribution in [2.75, 3.05) is 0 Å². The lowest BCUT2D eigenvalue weighted by Gasteiger charge is -2.16. The summed E-state index contributed by atoms with van der Waals surface area (Å²) in [6.07, 6.45) is 6.11. The van der Waals surface area contributed by atoms with E-state index >= 15 is 0 Å². The van der Waals surface area contributed by atoms with Crippen LogP contribution in [0.3, 0.4) is 0 Å². The topological polar surface area (TPSA) is 55.4 Å². The number of ketones is 1. The van der Waals surface area contributed by atoms with Crippen molar-refractivity contribution < 1.29 is 14.3 Å². The number of allylic oxidation sites excluding steroid dienone is 1. The van der Waals surface area contributed by atoms with Crippen LogP contribution in [-0.4, -0.2) is 17.9 Å². The van der Waals surface area contributed by atoms with Gasteiger partial charge in [0.15, 0.2) is 5.78 Å². The highest BCUT2D eigenvalue weighted by molar-refractivity contribution is 5.89. The summed E-state index contributed by atoms with van der Waals surface area (Å²) in [6, 6.07) is 9.41. The Bertz CT molecular complexity index is 482. The fraction of sp³-hybridized carbons (Fsp3) is 0.375. The van der Waals surface area contributed by atoms with E-state index in [1.807, 2.05) is 30.3 Å². The fourth-order valence-corrected chi connectivity index (χ4v) is 2.10. The number of rotatable bonds is 3. The maximum absolute atomic E-state index is 11.7. The van der Waals surface area contributed by atoms with E-state index in [4.69, 9.17) is 4.74 Å². The minimum absolute atomic E-state index is 0.120. The van der Waals surface area contributed by atoms with Gasteiger partial charge in [0, 0.05) is 6.42 Å². The van der Waals surface area contributed by atoms with Gasteiger partial charge in [-0.25, -0.2) is 4.79 Å². The van der Waals surface area contributed by atoms with Crippen molar-refractivity contribution in [1.82, 2.24) is 5.32 Å². The molecule has 1 aromatic carbocycles. The lowest BCUT2D eigenvalue weighted by molar-refractivity contribution is -0.114. The molecule has 106 valence electrons. The Hall–Kier alpha value is -2.10. The van der Waals surface area contributed by atoms with Gasteiger partial charge >= 0.3 is 6.09 Å². The predicted molar refractivity (Wildman–Crippen MR) is 76.2 cm³/mol. The van der Waals surface area contributed by atoms with Gasteiger partial charge in [-0.3, -0.25) is 4.79 Å². The van der Waals surface area contributed by atoms with E-state index in [-0.39, 0.29) is 18.4 Å². The first kappa shape index (κ1) is 14.3. The average molecular weight is 273 g/mol. The third kappa shape index (κ3) is 4.88. The molecule has 0 radical (unpaired) electrons. The van der Waals surface area contributed by atoms with E-state index in [9.17, 15) is 9.59 Å². The van der Waals surface area contributed by atoms with E-state index in [2.05, 4.69) is 5.32 Å². The zero-order valence-electron chi connectivity index (χ0n) is 11.4. The molecule has 2 rings (SSSR count). The van der Waals surface area contributed by atoms with Crippen LogP contribution in [0.5, 0.6) is 0 Å². The van der Waals surface area contributed by atoms with Crippen molar-refractivity contribution in [2.24, 2.45) is 0 Å². The van der Waals surface area contributed by atoms with E-state index in [0.29, 0.717) is 6.42 Å². The van der Waals surface area contributed by atoms with Gasteiger partial charge in [-0.2, -0.15) is 0 Å². The number of carbonyl (C=O) groups is 2. The van der Waals surface area contributed by atoms with Crippen LogP contribution < -0.4 is 5.32 Å². The summed E-state index contributed by atoms with van der Waals surface area (Å²) in [4.78, 5) is 23.1. The van der Waals surface area contributed by atoms with Crippen LogP contribution in [-0.2, 0) is 16.1 Å². The minimum atomic E-state index is -0.448. The first-order chi connectivity index (χ1) is 9.74. The molecule has 1 atom stereocenters. The van der Waals surface area contributed by atoms with Crippen LogP contribution in [0.15, 0.2) is 42.5 Å². The number of ether oxygens (including phenoxy) is 1. The molecule has 4 nitrogen and oxygen atoms in total. The number of nitrogens with one attached hydrogen (secondary N) is 1. The van der Waals surface area contributed by atoms with Crippen LogP contribution in [0, 0.1) is 0 Å². The molecule has 1 aromatic rings. The summed E-state index contributed by atoms with van der Waals surface area (Å²) in [5.74, 6) is 0.120. The van der Waals surface area contributed by atoms with Crippen LogP contribution in [0.25, 0.3) is 0 Å². The Morgan fingerprint density at radius 1 is 1.25 bits per heavy atom. The lowest BCUT2D eigenvalue weighted by atomic mass is 10.0. The molecule has 1 N–H and O–H groups in total. The maximum atomic E-state index is 11.7. The second-order valence-electron chi connectivity index (χ2n) is 4.88. The highest BCUT2D eigenvalue weighted by atomic mass is 16.5. The lowest BCUT2D eigenvalue weighted by Crippen LogP contribution is -2.34. The Kier molecular flexibility index (Phi) is 5.35. The minimum Gasteiger partial charge on any atom is -0.445 e. The molecule has 0 aromatic heterocycles. The Labute approximate surface area is 118 Å². The van der Waals surface area contributed by atoms with Gasteiger partial charge < -0.3 is 10.1 Å². The van der Waals surface area contributed by atoms with Crippen molar-refractivity contribution in [2.45, 2.75) is 38.3 Å². The monoisotopic (exact) mass is 273 g/mol. The van der Waals surface area contributed by atoms with Crippen LogP contribution in [0.4, 0.5) is 4.79 Å². The molecule has 0 bridgehead atoms. The van der Waals surface area contributed by atoms with Crippen LogP contribution in [0.2, 0.25) is 0 Å². The van der Waals surface area contributed by atoms with Gasteiger partial charge in [0.2, 0.25) is 0 Å². The summed E-state index contributed by atoms with van der Waals surface area (Å²) >= 11 is 0. The number of hydrogen-bond acceptors (Lipinski definition) is 3. The Morgan fingerprint density at radius 2 is 2.05 bits per heavy atom. The number of hydrogen-bond donors (Lipinski definition) is 1. The van der Waals surface area contributed by atoms with Crippen molar-refractivity contribution in [3.05, 3.63) is 48.0 Å². The molecule has 0 unspecified atom stereocenters. The molecule has 0 aliphatic heterocycles. The fourth-order valence-electron chi connectivity index (χ4n) is 2.10. The number of amides is 1. The van der Waals surface area contributed by atoms with E-state index < -0.39 is 6.09 Å². The Balaban J connectivity index is 1.80. The SMILES string of the molecule is O=C1/C=C\[C@@H](NC(=O)OCc2ccccc2)CCCC1. The molecule has 0 saturated heterocycles. The van der Waals surface area contributed by atoms with Crippen molar-refractivity contribution in [3.63, 3.8) is 0 Å². The molecule has 1 aliphatic carbocycles. The summed E-state index contributed by atoms with van der Waals surface area (Å²) in [6.45, 7) is 0.252. The summed E-state index contributed by atoms with van der Waals surface area (Å²) in [5, 5.41) is 2.78. The zero-order chi connectivity index (χ0) is 14.2. The first-order valence-corrected chi connectivity index (χ1v) is 6.92. The molecular formula is C16H19NO3. The first-order valence-electron chi connectivity index (χ1n) is 6.92. The van der Waals surface area contributed by atoms with Crippen LogP contribution in [0.1, 0.15) is 31.2 Å². The summed E-state index contributed by atoms with van der Waals surface area (Å²) < 4.78 is 5.16. The van der Waals surface area contributed by atoms with E-state index in [1.54, 1.807) is 12.2 Å². The quantitative estimate of drug-likeness (QED) is 0.921. The molecule has 0 heterocycles. The highest BCUT2D eigenvalue weighted by Gasteiger charge is 2.13. The summed E-state index contributed by atoms with van der Waals surface area (Å²) in [7, 11) is 0. The van der Waals surface area contributed by atoms with Gasteiger partial charge in [-0.05, 0) is 24.5 Å². The average Bonchev–Trinajstić information content (AvgIpc) is 2.45. The Morgan fingerprint density at radius 3 is 2.85 bits per heavy atom. The number of carbonyl (C=O) groups excluding carboxylic acids is 2. The van der Waals surface area contributed by atoms with Gasteiger partial charge in [-0.15, -0.1) is 0 Å². The van der Waals surface area contributed by atoms with Gasteiger partial charge in [0.25, 0.3) is 0 Å². The number of benzene rings is 1. The van der Waals surface area contributed by atoms with Crippen molar-refractivity contribution >= 4 is 11.9 Å². The third-order valence-electron chi connectivity index (χ3n) is 3.22. The van der Waals surface area contributed by atoms with Gasteiger partial charge in [-0.1, -0.05) is 42.8 Å². The molecule has 20 heavy (non-hydrogen) atoms. The second-order valence-corrected chi connectivity index (χ2v) is 4.88. The zero-order valence-corrected chi connectivity index (χ0v) is 11.4. The largest absolute Gasteiger partial charge is 0.445 e. The molecule has 4 heteroatoms. The van der Waals surface area contributed by atoms with Crippen LogP contribution >= 0.6 is 0 Å². The van der Waals surface area contributed by atoms with E-state index in [1.165, 1.54) is 0 Å². The predicted octanol–water partition coefficient (Wildman–Crippen LogP) is 2.98. The molecular weight excluding hydrogens is 254 g/mol. The molecule has 1 amide bonds. The normalized spacial score (nSPS) is 20.6. The van der Waals surface area contributed by atoms with Gasteiger partial charge in [0.05, 0.1) is 6.04 Å². The number of alkyl carbamates (subject to hydrolysis) is 1. The molecule has 0 spiro atoms. The smallest absolute Gasteiger partial charge is 0.407 e. The molecule has 1 aliphatic rings. The van der Waals surface area contributed by atoms with E-state index in [0.717, 1.165) is 24.8 Å². The van der Waals surface area contributed by atoms with Gasteiger partial charge in [0.1, 0.15) is 6.61 Å².